The molecular formula is C22H28N2O2. The van der Waals surface area contributed by atoms with E-state index in [-0.39, 0.29) is 5.54 Å². The van der Waals surface area contributed by atoms with Crippen LogP contribution in [-0.4, -0.2) is 35.7 Å². The highest BCUT2D eigenvalue weighted by atomic mass is 16.4. The molecule has 4 heteroatoms. The van der Waals surface area contributed by atoms with Gasteiger partial charge in [-0.05, 0) is 62.4 Å². The summed E-state index contributed by atoms with van der Waals surface area (Å²) in [5.74, 6) is 0.443. The molecule has 0 spiro atoms. The molecular weight excluding hydrogens is 324 g/mol. The van der Waals surface area contributed by atoms with Crippen molar-refractivity contribution in [2.24, 2.45) is 5.92 Å². The van der Waals surface area contributed by atoms with E-state index in [0.717, 1.165) is 25.9 Å². The number of amides is 1. The Balaban J connectivity index is 1.64. The van der Waals surface area contributed by atoms with Crippen molar-refractivity contribution in [3.63, 3.8) is 0 Å². The van der Waals surface area contributed by atoms with Crippen LogP contribution in [0.15, 0.2) is 54.6 Å². The van der Waals surface area contributed by atoms with E-state index < -0.39 is 6.09 Å². The lowest BCUT2D eigenvalue weighted by molar-refractivity contribution is 0.0728. The van der Waals surface area contributed by atoms with Crippen molar-refractivity contribution in [2.45, 2.75) is 32.2 Å². The lowest BCUT2D eigenvalue weighted by atomic mass is 9.87. The zero-order valence-corrected chi connectivity index (χ0v) is 15.6. The molecule has 0 atom stereocenters. The molecule has 2 N–H and O–H groups in total. The summed E-state index contributed by atoms with van der Waals surface area (Å²) in [5.41, 5.74) is 3.77. The van der Waals surface area contributed by atoms with Crippen LogP contribution in [0.5, 0.6) is 0 Å². The van der Waals surface area contributed by atoms with Crippen molar-refractivity contribution < 1.29 is 9.90 Å². The van der Waals surface area contributed by atoms with Crippen molar-refractivity contribution in [1.82, 2.24) is 10.2 Å². The highest BCUT2D eigenvalue weighted by molar-refractivity contribution is 5.64. The Hall–Kier alpha value is -2.33. The summed E-state index contributed by atoms with van der Waals surface area (Å²) in [4.78, 5) is 13.2. The molecule has 1 heterocycles. The molecule has 2 aromatic carbocycles. The molecule has 1 amide bonds. The van der Waals surface area contributed by atoms with Crippen LogP contribution in [0.25, 0.3) is 11.1 Å². The summed E-state index contributed by atoms with van der Waals surface area (Å²) >= 11 is 0. The minimum Gasteiger partial charge on any atom is -0.465 e. The largest absolute Gasteiger partial charge is 0.465 e. The van der Waals surface area contributed by atoms with Gasteiger partial charge in [0.25, 0.3) is 0 Å². The Morgan fingerprint density at radius 2 is 1.62 bits per heavy atom. The Bertz CT molecular complexity index is 718. The minimum atomic E-state index is -0.925. The van der Waals surface area contributed by atoms with Gasteiger partial charge in [-0.25, -0.2) is 4.79 Å². The minimum absolute atomic E-state index is 0.0274. The van der Waals surface area contributed by atoms with E-state index in [1.807, 2.05) is 6.07 Å². The van der Waals surface area contributed by atoms with Crippen molar-refractivity contribution in [2.75, 3.05) is 19.6 Å². The molecule has 0 aromatic heterocycles. The number of nitrogens with zero attached hydrogens (tertiary/aromatic N) is 1. The Morgan fingerprint density at radius 1 is 1.04 bits per heavy atom. The van der Waals surface area contributed by atoms with Crippen molar-refractivity contribution >= 4 is 6.09 Å². The number of carbonyl (C=O) groups is 1. The van der Waals surface area contributed by atoms with E-state index in [1.165, 1.54) is 16.7 Å². The summed E-state index contributed by atoms with van der Waals surface area (Å²) in [5, 5.41) is 11.3. The molecule has 0 bridgehead atoms. The van der Waals surface area contributed by atoms with Gasteiger partial charge in [-0.15, -0.1) is 0 Å². The highest BCUT2D eigenvalue weighted by Gasteiger charge is 2.32. The molecule has 26 heavy (non-hydrogen) atoms. The highest BCUT2D eigenvalue weighted by Crippen LogP contribution is 2.33. The van der Waals surface area contributed by atoms with E-state index in [9.17, 15) is 4.79 Å². The number of hydrogen-bond donors (Lipinski definition) is 2. The molecule has 3 rings (SSSR count). The van der Waals surface area contributed by atoms with Crippen molar-refractivity contribution in [3.8, 4) is 11.1 Å². The number of rotatable bonds is 5. The molecule has 1 aliphatic heterocycles. The van der Waals surface area contributed by atoms with Crippen LogP contribution in [0.3, 0.4) is 0 Å². The Kier molecular flexibility index (Phi) is 5.62. The quantitative estimate of drug-likeness (QED) is 0.829. The Morgan fingerprint density at radius 3 is 2.19 bits per heavy atom. The maximum Gasteiger partial charge on any atom is 0.404 e. The fourth-order valence-electron chi connectivity index (χ4n) is 3.81. The van der Waals surface area contributed by atoms with Crippen molar-refractivity contribution in [1.29, 1.82) is 0 Å². The number of piperidine rings is 1. The van der Waals surface area contributed by atoms with Crippen LogP contribution in [0.1, 0.15) is 32.3 Å². The average Bonchev–Trinajstić information content (AvgIpc) is 2.67. The summed E-state index contributed by atoms with van der Waals surface area (Å²) in [7, 11) is 0. The topological polar surface area (TPSA) is 52.6 Å². The van der Waals surface area contributed by atoms with E-state index >= 15 is 0 Å². The molecule has 138 valence electrons. The van der Waals surface area contributed by atoms with Gasteiger partial charge in [0.05, 0.1) is 0 Å². The fraction of sp³-hybridized carbons (Fsp3) is 0.409. The van der Waals surface area contributed by atoms with Gasteiger partial charge >= 0.3 is 6.09 Å². The summed E-state index contributed by atoms with van der Waals surface area (Å²) in [6, 6.07) is 19.3. The van der Waals surface area contributed by atoms with Crippen LogP contribution < -0.4 is 5.32 Å². The monoisotopic (exact) mass is 352 g/mol. The molecule has 0 saturated carbocycles. The molecule has 2 aromatic rings. The number of hydrogen-bond acceptors (Lipinski definition) is 2. The van der Waals surface area contributed by atoms with Gasteiger partial charge in [0.2, 0.25) is 0 Å². The normalized spacial score (nSPS) is 16.4. The van der Waals surface area contributed by atoms with Gasteiger partial charge in [-0.2, -0.15) is 0 Å². The van der Waals surface area contributed by atoms with E-state index in [0.29, 0.717) is 12.5 Å². The Labute approximate surface area is 155 Å². The second-order valence-electron chi connectivity index (χ2n) is 7.62. The van der Waals surface area contributed by atoms with Gasteiger partial charge in [-0.3, -0.25) is 4.90 Å². The van der Waals surface area contributed by atoms with Gasteiger partial charge in [-0.1, -0.05) is 54.6 Å². The lowest BCUT2D eigenvalue weighted by Gasteiger charge is -2.43. The molecule has 1 fully saturated rings. The van der Waals surface area contributed by atoms with Crippen LogP contribution in [0.2, 0.25) is 0 Å². The van der Waals surface area contributed by atoms with Crippen LogP contribution in [0, 0.1) is 5.92 Å². The fourth-order valence-corrected chi connectivity index (χ4v) is 3.81. The third-order valence-corrected chi connectivity index (χ3v) is 5.65. The summed E-state index contributed by atoms with van der Waals surface area (Å²) in [6.45, 7) is 7.12. The second-order valence-corrected chi connectivity index (χ2v) is 7.62. The second kappa shape index (κ2) is 7.92. The van der Waals surface area contributed by atoms with E-state index in [4.69, 9.17) is 5.11 Å². The average molecular weight is 352 g/mol. The van der Waals surface area contributed by atoms with Gasteiger partial charge in [0.15, 0.2) is 0 Å². The van der Waals surface area contributed by atoms with Crippen LogP contribution in [-0.2, 0) is 5.54 Å². The molecule has 0 radical (unpaired) electrons. The number of benzene rings is 2. The molecule has 0 aliphatic carbocycles. The molecule has 1 aliphatic rings. The maximum atomic E-state index is 10.7. The standard InChI is InChI=1S/C22H28N2O2/c1-22(2,24-14-12-17(13-15-24)16-23-21(25)26)20-10-8-19(9-11-20)18-6-4-3-5-7-18/h3-11,17,23H,12-16H2,1-2H3,(H,25,26). The first-order valence-electron chi connectivity index (χ1n) is 9.34. The van der Waals surface area contributed by atoms with Gasteiger partial charge in [0.1, 0.15) is 0 Å². The zero-order valence-electron chi connectivity index (χ0n) is 15.6. The number of carboxylic acid groups (broad SMARTS) is 1. The first kappa shape index (κ1) is 18.5. The number of likely N-dealkylation sites (tertiary alicyclic amines) is 1. The summed E-state index contributed by atoms with van der Waals surface area (Å²) < 4.78 is 0. The zero-order chi connectivity index (χ0) is 18.6. The predicted molar refractivity (Wildman–Crippen MR) is 105 cm³/mol. The first-order valence-corrected chi connectivity index (χ1v) is 9.34. The molecule has 0 unspecified atom stereocenters. The maximum absolute atomic E-state index is 10.7. The first-order chi connectivity index (χ1) is 12.5. The molecule has 1 saturated heterocycles. The summed E-state index contributed by atoms with van der Waals surface area (Å²) in [6.07, 6.45) is 1.14. The SMILES string of the molecule is CC(C)(c1ccc(-c2ccccc2)cc1)N1CCC(CNC(=O)O)CC1. The van der Waals surface area contributed by atoms with E-state index in [1.54, 1.807) is 0 Å². The smallest absolute Gasteiger partial charge is 0.404 e. The van der Waals surface area contributed by atoms with Crippen molar-refractivity contribution in [3.05, 3.63) is 60.2 Å². The third kappa shape index (κ3) is 4.25. The number of nitrogens with one attached hydrogen (secondary N) is 1. The molecule has 4 nitrogen and oxygen atoms in total. The van der Waals surface area contributed by atoms with Crippen LogP contribution in [0.4, 0.5) is 4.79 Å². The van der Waals surface area contributed by atoms with Crippen LogP contribution >= 0.6 is 0 Å². The van der Waals surface area contributed by atoms with Gasteiger partial charge < -0.3 is 10.4 Å². The third-order valence-electron chi connectivity index (χ3n) is 5.65. The predicted octanol–water partition coefficient (Wildman–Crippen LogP) is 4.57. The lowest BCUT2D eigenvalue weighted by Crippen LogP contribution is -2.47. The van der Waals surface area contributed by atoms with E-state index in [2.05, 4.69) is 72.6 Å². The van der Waals surface area contributed by atoms with Gasteiger partial charge in [0, 0.05) is 12.1 Å².